The Bertz CT molecular complexity index is 1060. The van der Waals surface area contributed by atoms with Crippen LogP contribution in [0.3, 0.4) is 0 Å². The van der Waals surface area contributed by atoms with Crippen molar-refractivity contribution >= 4 is 17.7 Å². The lowest BCUT2D eigenvalue weighted by atomic mass is 9.86. The molecule has 1 N–H and O–H groups in total. The first-order valence-corrected chi connectivity index (χ1v) is 12.7. The number of benzene rings is 2. The highest BCUT2D eigenvalue weighted by Crippen LogP contribution is 2.38. The Morgan fingerprint density at radius 3 is 2.36 bits per heavy atom. The molecule has 0 radical (unpaired) electrons. The maximum absolute atomic E-state index is 12.8. The van der Waals surface area contributed by atoms with Crippen molar-refractivity contribution in [2.24, 2.45) is 0 Å². The number of carbonyl (C=O) groups excluding carboxylic acids is 1. The van der Waals surface area contributed by atoms with Crippen molar-refractivity contribution in [3.8, 4) is 11.4 Å². The minimum absolute atomic E-state index is 0.0147. The molecular weight excluding hydrogens is 428 g/mol. The van der Waals surface area contributed by atoms with Gasteiger partial charge in [0.05, 0.1) is 5.25 Å². The van der Waals surface area contributed by atoms with Crippen LogP contribution in [0.4, 0.5) is 0 Å². The Labute approximate surface area is 201 Å². The van der Waals surface area contributed by atoms with E-state index in [1.165, 1.54) is 30.2 Å². The summed E-state index contributed by atoms with van der Waals surface area (Å²) in [5.41, 5.74) is 3.59. The normalized spacial score (nSPS) is 15.5. The Kier molecular flexibility index (Phi) is 7.23. The fraction of sp³-hybridized carbons (Fsp3) is 0.444. The Hall–Kier alpha value is -2.60. The first kappa shape index (κ1) is 23.6. The van der Waals surface area contributed by atoms with Crippen molar-refractivity contribution in [2.75, 3.05) is 0 Å². The van der Waals surface area contributed by atoms with Crippen LogP contribution < -0.4 is 5.32 Å². The molecule has 1 atom stereocenters. The zero-order valence-corrected chi connectivity index (χ0v) is 20.9. The molecule has 4 rings (SSSR count). The summed E-state index contributed by atoms with van der Waals surface area (Å²) in [6.07, 6.45) is 4.71. The van der Waals surface area contributed by atoms with Crippen LogP contribution in [0.15, 0.2) is 59.8 Å². The molecule has 1 amide bonds. The van der Waals surface area contributed by atoms with E-state index in [2.05, 4.69) is 65.1 Å². The average molecular weight is 463 g/mol. The number of hydrogen-bond donors (Lipinski definition) is 1. The van der Waals surface area contributed by atoms with Gasteiger partial charge in [-0.2, -0.15) is 0 Å². The predicted molar refractivity (Wildman–Crippen MR) is 135 cm³/mol. The van der Waals surface area contributed by atoms with E-state index in [9.17, 15) is 4.79 Å². The molecule has 6 heteroatoms. The van der Waals surface area contributed by atoms with E-state index in [1.54, 1.807) is 0 Å². The van der Waals surface area contributed by atoms with E-state index in [4.69, 9.17) is 0 Å². The standard InChI is InChI=1S/C27H34N4OS/c1-19(25(32)28-18-20-10-6-5-7-11-20)33-26-30-29-24(31(26)23-12-8-9-13-23)21-14-16-22(17-15-21)27(2,3)4/h5-7,10-11,14-17,19,23H,8-9,12-13,18H2,1-4H3,(H,28,32)/t19-/m1/s1. The highest BCUT2D eigenvalue weighted by Gasteiger charge is 2.27. The minimum Gasteiger partial charge on any atom is -0.351 e. The van der Waals surface area contributed by atoms with Gasteiger partial charge in [0.1, 0.15) is 0 Å². The number of amides is 1. The van der Waals surface area contributed by atoms with E-state index in [1.807, 2.05) is 37.3 Å². The van der Waals surface area contributed by atoms with Gasteiger partial charge in [-0.1, -0.05) is 100.0 Å². The van der Waals surface area contributed by atoms with Crippen LogP contribution in [0.2, 0.25) is 0 Å². The summed E-state index contributed by atoms with van der Waals surface area (Å²) in [6, 6.07) is 19.1. The monoisotopic (exact) mass is 462 g/mol. The highest BCUT2D eigenvalue weighted by molar-refractivity contribution is 8.00. The molecule has 1 fully saturated rings. The number of aromatic nitrogens is 3. The fourth-order valence-electron chi connectivity index (χ4n) is 4.31. The quantitative estimate of drug-likeness (QED) is 0.428. The maximum Gasteiger partial charge on any atom is 0.233 e. The first-order valence-electron chi connectivity index (χ1n) is 11.9. The van der Waals surface area contributed by atoms with Gasteiger partial charge in [-0.15, -0.1) is 10.2 Å². The number of carbonyl (C=O) groups is 1. The second kappa shape index (κ2) is 10.1. The molecule has 1 aliphatic carbocycles. The molecule has 1 aromatic heterocycles. The zero-order chi connectivity index (χ0) is 23.4. The van der Waals surface area contributed by atoms with Gasteiger partial charge < -0.3 is 5.32 Å². The van der Waals surface area contributed by atoms with Crippen LogP contribution in [0.1, 0.15) is 70.5 Å². The zero-order valence-electron chi connectivity index (χ0n) is 20.0. The second-order valence-electron chi connectivity index (χ2n) is 9.91. The van der Waals surface area contributed by atoms with Crippen molar-refractivity contribution in [3.63, 3.8) is 0 Å². The van der Waals surface area contributed by atoms with Crippen molar-refractivity contribution in [1.29, 1.82) is 0 Å². The number of thioether (sulfide) groups is 1. The van der Waals surface area contributed by atoms with Crippen LogP contribution in [-0.4, -0.2) is 25.9 Å². The van der Waals surface area contributed by atoms with Gasteiger partial charge in [0.25, 0.3) is 0 Å². The van der Waals surface area contributed by atoms with Crippen LogP contribution in [0.25, 0.3) is 11.4 Å². The molecule has 3 aromatic rings. The summed E-state index contributed by atoms with van der Waals surface area (Å²) < 4.78 is 2.28. The number of nitrogens with zero attached hydrogens (tertiary/aromatic N) is 3. The molecule has 0 aliphatic heterocycles. The van der Waals surface area contributed by atoms with E-state index in [0.717, 1.165) is 34.9 Å². The minimum atomic E-state index is -0.255. The van der Waals surface area contributed by atoms with Gasteiger partial charge >= 0.3 is 0 Å². The predicted octanol–water partition coefficient (Wildman–Crippen LogP) is 6.15. The van der Waals surface area contributed by atoms with Gasteiger partial charge in [-0.3, -0.25) is 9.36 Å². The van der Waals surface area contributed by atoms with Crippen molar-refractivity contribution in [3.05, 3.63) is 65.7 Å². The molecule has 1 saturated carbocycles. The van der Waals surface area contributed by atoms with E-state index < -0.39 is 0 Å². The van der Waals surface area contributed by atoms with Gasteiger partial charge in [-0.05, 0) is 36.3 Å². The molecule has 174 valence electrons. The smallest absolute Gasteiger partial charge is 0.233 e. The second-order valence-corrected chi connectivity index (χ2v) is 11.2. The van der Waals surface area contributed by atoms with E-state index in [0.29, 0.717) is 12.6 Å². The molecular formula is C27H34N4OS. The third kappa shape index (κ3) is 5.67. The lowest BCUT2D eigenvalue weighted by Gasteiger charge is -2.20. The average Bonchev–Trinajstić information content (AvgIpc) is 3.47. The number of nitrogens with one attached hydrogen (secondary N) is 1. The topological polar surface area (TPSA) is 59.8 Å². The SMILES string of the molecule is C[C@@H](Sc1nnc(-c2ccc(C(C)(C)C)cc2)n1C1CCCC1)C(=O)NCc1ccccc1. The number of rotatable bonds is 7. The molecule has 1 heterocycles. The molecule has 0 bridgehead atoms. The summed E-state index contributed by atoms with van der Waals surface area (Å²) in [5, 5.41) is 12.8. The third-order valence-corrected chi connectivity index (χ3v) is 7.38. The summed E-state index contributed by atoms with van der Waals surface area (Å²) >= 11 is 1.50. The summed E-state index contributed by atoms with van der Waals surface area (Å²) in [6.45, 7) is 9.15. The van der Waals surface area contributed by atoms with Crippen LogP contribution >= 0.6 is 11.8 Å². The largest absolute Gasteiger partial charge is 0.351 e. The van der Waals surface area contributed by atoms with Crippen molar-refractivity contribution in [2.45, 2.75) is 81.8 Å². The highest BCUT2D eigenvalue weighted by atomic mass is 32.2. The van der Waals surface area contributed by atoms with Crippen molar-refractivity contribution in [1.82, 2.24) is 20.1 Å². The van der Waals surface area contributed by atoms with Crippen molar-refractivity contribution < 1.29 is 4.79 Å². The molecule has 33 heavy (non-hydrogen) atoms. The van der Waals surface area contributed by atoms with E-state index >= 15 is 0 Å². The Morgan fingerprint density at radius 2 is 1.73 bits per heavy atom. The van der Waals surface area contributed by atoms with E-state index in [-0.39, 0.29) is 16.6 Å². The Morgan fingerprint density at radius 1 is 1.06 bits per heavy atom. The van der Waals surface area contributed by atoms with Crippen LogP contribution in [0, 0.1) is 0 Å². The lowest BCUT2D eigenvalue weighted by Crippen LogP contribution is -2.30. The molecule has 0 saturated heterocycles. The first-order chi connectivity index (χ1) is 15.8. The van der Waals surface area contributed by atoms with Crippen LogP contribution in [0.5, 0.6) is 0 Å². The maximum atomic E-state index is 12.8. The molecule has 0 spiro atoms. The molecule has 2 aromatic carbocycles. The van der Waals surface area contributed by atoms with Gasteiger partial charge in [0.15, 0.2) is 11.0 Å². The third-order valence-electron chi connectivity index (χ3n) is 6.32. The van der Waals surface area contributed by atoms with Gasteiger partial charge in [0, 0.05) is 18.2 Å². The lowest BCUT2D eigenvalue weighted by molar-refractivity contribution is -0.120. The fourth-order valence-corrected chi connectivity index (χ4v) is 5.25. The van der Waals surface area contributed by atoms with Gasteiger partial charge in [-0.25, -0.2) is 0 Å². The molecule has 5 nitrogen and oxygen atoms in total. The molecule has 0 unspecified atom stereocenters. The number of hydrogen-bond acceptors (Lipinski definition) is 4. The molecule has 1 aliphatic rings. The summed E-state index contributed by atoms with van der Waals surface area (Å²) in [5.74, 6) is 0.919. The summed E-state index contributed by atoms with van der Waals surface area (Å²) in [4.78, 5) is 12.8. The summed E-state index contributed by atoms with van der Waals surface area (Å²) in [7, 11) is 0. The Balaban J connectivity index is 1.53. The van der Waals surface area contributed by atoms with Gasteiger partial charge in [0.2, 0.25) is 5.91 Å². The van der Waals surface area contributed by atoms with Crippen LogP contribution in [-0.2, 0) is 16.8 Å².